The van der Waals surface area contributed by atoms with Crippen molar-refractivity contribution in [2.24, 2.45) is 0 Å². The second-order valence-electron chi connectivity index (χ2n) is 2.58. The maximum absolute atomic E-state index is 10.2. The monoisotopic (exact) mass is 200 g/mol. The lowest BCUT2D eigenvalue weighted by Crippen LogP contribution is -2.05. The lowest BCUT2D eigenvalue weighted by molar-refractivity contribution is 0.0587. The summed E-state index contributed by atoms with van der Waals surface area (Å²) in [5.74, 6) is 0. The summed E-state index contributed by atoms with van der Waals surface area (Å²) in [5.41, 5.74) is 0.784. The van der Waals surface area contributed by atoms with E-state index in [9.17, 15) is 4.79 Å². The van der Waals surface area contributed by atoms with Gasteiger partial charge in [-0.2, -0.15) is 0 Å². The highest BCUT2D eigenvalue weighted by molar-refractivity contribution is 6.30. The van der Waals surface area contributed by atoms with Crippen molar-refractivity contribution in [2.45, 2.75) is 13.0 Å². The van der Waals surface area contributed by atoms with Gasteiger partial charge in [-0.1, -0.05) is 23.7 Å². The minimum atomic E-state index is -1.28. The fourth-order valence-electron chi connectivity index (χ4n) is 0.953. The molecule has 0 saturated carbocycles. The third kappa shape index (κ3) is 2.95. The normalized spacial score (nSPS) is 12.2. The molecule has 0 amide bonds. The van der Waals surface area contributed by atoms with E-state index in [0.29, 0.717) is 5.02 Å². The van der Waals surface area contributed by atoms with Crippen LogP contribution in [0.5, 0.6) is 0 Å². The van der Waals surface area contributed by atoms with Crippen LogP contribution in [-0.4, -0.2) is 11.3 Å². The van der Waals surface area contributed by atoms with Crippen molar-refractivity contribution < 1.29 is 14.6 Å². The number of halogens is 1. The molecule has 0 saturated heterocycles. The molecule has 0 aliphatic carbocycles. The minimum absolute atomic E-state index is 0.463. The molecule has 0 aliphatic rings. The molecule has 0 aliphatic heterocycles. The molecule has 13 heavy (non-hydrogen) atoms. The summed E-state index contributed by atoms with van der Waals surface area (Å²) in [7, 11) is 0. The summed E-state index contributed by atoms with van der Waals surface area (Å²) in [4.78, 5) is 10.2. The van der Waals surface area contributed by atoms with Crippen LogP contribution < -0.4 is 0 Å². The van der Waals surface area contributed by atoms with Gasteiger partial charge in [0.2, 0.25) is 0 Å². The van der Waals surface area contributed by atoms with Crippen LogP contribution in [0.3, 0.4) is 0 Å². The van der Waals surface area contributed by atoms with Crippen LogP contribution in [0.1, 0.15) is 18.6 Å². The van der Waals surface area contributed by atoms with Gasteiger partial charge in [-0.05, 0) is 24.6 Å². The molecule has 0 spiro atoms. The molecule has 1 atom stereocenters. The zero-order chi connectivity index (χ0) is 9.84. The van der Waals surface area contributed by atoms with Crippen LogP contribution in [0.2, 0.25) is 5.02 Å². The largest absolute Gasteiger partial charge is 0.506 e. The van der Waals surface area contributed by atoms with Crippen molar-refractivity contribution >= 4 is 17.8 Å². The second kappa shape index (κ2) is 4.14. The van der Waals surface area contributed by atoms with Crippen LogP contribution in [0.15, 0.2) is 24.3 Å². The highest BCUT2D eigenvalue weighted by atomic mass is 35.5. The lowest BCUT2D eigenvalue weighted by atomic mass is 10.1. The quantitative estimate of drug-likeness (QED) is 0.747. The molecule has 1 aromatic carbocycles. The van der Waals surface area contributed by atoms with Crippen molar-refractivity contribution in [3.05, 3.63) is 34.9 Å². The van der Waals surface area contributed by atoms with Crippen molar-refractivity contribution in [2.75, 3.05) is 0 Å². The Bertz CT molecular complexity index is 294. The Morgan fingerprint density at radius 3 is 2.46 bits per heavy atom. The number of carboxylic acid groups (broad SMARTS) is 1. The van der Waals surface area contributed by atoms with E-state index in [4.69, 9.17) is 16.7 Å². The first-order chi connectivity index (χ1) is 6.09. The average molecular weight is 201 g/mol. The molecule has 1 unspecified atom stereocenters. The third-order valence-corrected chi connectivity index (χ3v) is 1.87. The fourth-order valence-corrected chi connectivity index (χ4v) is 1.08. The van der Waals surface area contributed by atoms with E-state index in [1.807, 2.05) is 0 Å². The van der Waals surface area contributed by atoms with Gasteiger partial charge in [-0.3, -0.25) is 0 Å². The van der Waals surface area contributed by atoms with Crippen LogP contribution in [0, 0.1) is 0 Å². The third-order valence-electron chi connectivity index (χ3n) is 1.62. The Morgan fingerprint density at radius 2 is 2.00 bits per heavy atom. The van der Waals surface area contributed by atoms with Crippen molar-refractivity contribution in [3.63, 3.8) is 0 Å². The maximum Gasteiger partial charge on any atom is 0.506 e. The predicted molar refractivity (Wildman–Crippen MR) is 49.0 cm³/mol. The Labute approximate surface area is 80.9 Å². The Morgan fingerprint density at radius 1 is 1.46 bits per heavy atom. The molecule has 0 bridgehead atoms. The van der Waals surface area contributed by atoms with Crippen LogP contribution in [-0.2, 0) is 4.74 Å². The maximum atomic E-state index is 10.2. The Hall–Kier alpha value is -1.22. The number of hydrogen-bond acceptors (Lipinski definition) is 2. The smallest absolute Gasteiger partial charge is 0.450 e. The molecule has 0 heterocycles. The van der Waals surface area contributed by atoms with Crippen molar-refractivity contribution in [3.8, 4) is 0 Å². The summed E-state index contributed by atoms with van der Waals surface area (Å²) in [5, 5.41) is 8.97. The van der Waals surface area contributed by atoms with Gasteiger partial charge in [-0.15, -0.1) is 0 Å². The number of carbonyl (C=O) groups is 1. The Balaban J connectivity index is 2.71. The molecule has 1 rings (SSSR count). The molecule has 0 radical (unpaired) electrons. The molecule has 0 aromatic heterocycles. The van der Waals surface area contributed by atoms with Crippen LogP contribution in [0.4, 0.5) is 4.79 Å². The van der Waals surface area contributed by atoms with Gasteiger partial charge in [0.15, 0.2) is 0 Å². The molecule has 1 aromatic rings. The minimum Gasteiger partial charge on any atom is -0.450 e. The summed E-state index contributed by atoms with van der Waals surface area (Å²) in [6.45, 7) is 1.66. The van der Waals surface area contributed by atoms with Gasteiger partial charge in [-0.25, -0.2) is 4.79 Å². The van der Waals surface area contributed by atoms with E-state index in [2.05, 4.69) is 4.74 Å². The molecule has 3 nitrogen and oxygen atoms in total. The fraction of sp³-hybridized carbons (Fsp3) is 0.222. The van der Waals surface area contributed by atoms with Crippen LogP contribution in [0.25, 0.3) is 0 Å². The number of benzene rings is 1. The number of rotatable bonds is 2. The molecular formula is C9H9ClO3. The zero-order valence-corrected chi connectivity index (χ0v) is 7.78. The molecule has 4 heteroatoms. The number of hydrogen-bond donors (Lipinski definition) is 1. The second-order valence-corrected chi connectivity index (χ2v) is 3.01. The summed E-state index contributed by atoms with van der Waals surface area (Å²) >= 11 is 5.66. The van der Waals surface area contributed by atoms with Crippen LogP contribution >= 0.6 is 11.6 Å². The zero-order valence-electron chi connectivity index (χ0n) is 7.03. The first-order valence-electron chi connectivity index (χ1n) is 3.74. The van der Waals surface area contributed by atoms with Crippen molar-refractivity contribution in [1.82, 2.24) is 0 Å². The lowest BCUT2D eigenvalue weighted by Gasteiger charge is -2.10. The molecule has 0 fully saturated rings. The molecule has 70 valence electrons. The predicted octanol–water partition coefficient (Wildman–Crippen LogP) is 3.10. The van der Waals surface area contributed by atoms with Gasteiger partial charge < -0.3 is 9.84 Å². The highest BCUT2D eigenvalue weighted by Gasteiger charge is 2.09. The standard InChI is InChI=1S/C9H9ClO3/c1-6(13-9(11)12)7-2-4-8(10)5-3-7/h2-6H,1H3,(H,11,12). The van der Waals surface area contributed by atoms with E-state index in [1.54, 1.807) is 31.2 Å². The van der Waals surface area contributed by atoms with Gasteiger partial charge in [0.05, 0.1) is 0 Å². The first-order valence-corrected chi connectivity index (χ1v) is 4.12. The highest BCUT2D eigenvalue weighted by Crippen LogP contribution is 2.18. The SMILES string of the molecule is CC(OC(=O)O)c1ccc(Cl)cc1. The van der Waals surface area contributed by atoms with Gasteiger partial charge in [0.25, 0.3) is 0 Å². The van der Waals surface area contributed by atoms with Crippen molar-refractivity contribution in [1.29, 1.82) is 0 Å². The van der Waals surface area contributed by atoms with Gasteiger partial charge in [0.1, 0.15) is 6.10 Å². The first kappa shape index (κ1) is 9.86. The summed E-state index contributed by atoms with van der Waals surface area (Å²) in [6.07, 6.45) is -1.74. The summed E-state index contributed by atoms with van der Waals surface area (Å²) in [6, 6.07) is 6.85. The van der Waals surface area contributed by atoms with Gasteiger partial charge in [0, 0.05) is 5.02 Å². The van der Waals surface area contributed by atoms with E-state index in [-0.39, 0.29) is 0 Å². The number of ether oxygens (including phenoxy) is 1. The van der Waals surface area contributed by atoms with E-state index in [0.717, 1.165) is 5.56 Å². The van der Waals surface area contributed by atoms with Gasteiger partial charge >= 0.3 is 6.16 Å². The van der Waals surface area contributed by atoms with E-state index in [1.165, 1.54) is 0 Å². The Kier molecular flexibility index (Phi) is 3.14. The topological polar surface area (TPSA) is 46.5 Å². The average Bonchev–Trinajstić information content (AvgIpc) is 2.04. The summed E-state index contributed by atoms with van der Waals surface area (Å²) < 4.78 is 4.55. The van der Waals surface area contributed by atoms with E-state index >= 15 is 0 Å². The van der Waals surface area contributed by atoms with E-state index < -0.39 is 12.3 Å². The molecular weight excluding hydrogens is 192 g/mol. The molecule has 1 N–H and O–H groups in total.